The fraction of sp³-hybridized carbons (Fsp3) is 0.400. The summed E-state index contributed by atoms with van der Waals surface area (Å²) in [6.45, 7) is 0.470. The van der Waals surface area contributed by atoms with Crippen LogP contribution in [-0.2, 0) is 0 Å². The second kappa shape index (κ2) is 5.65. The van der Waals surface area contributed by atoms with Crippen molar-refractivity contribution < 1.29 is 4.79 Å². The Hall–Kier alpha value is -2.21. The van der Waals surface area contributed by atoms with E-state index in [1.165, 1.54) is 0 Å². The molecule has 0 bridgehead atoms. The largest absolute Gasteiger partial charge is 0.344 e. The molecule has 1 aliphatic carbocycles. The number of hydrogen-bond donors (Lipinski definition) is 2. The summed E-state index contributed by atoms with van der Waals surface area (Å²) in [5.74, 6) is -0.170. The molecule has 0 saturated heterocycles. The number of nitrogens with one attached hydrogen (secondary N) is 1. The molecule has 3 N–H and O–H groups in total. The number of carbonyl (C=O) groups is 1. The quantitative estimate of drug-likeness (QED) is 0.885. The summed E-state index contributed by atoms with van der Waals surface area (Å²) >= 11 is 0. The monoisotopic (exact) mass is 285 g/mol. The zero-order chi connectivity index (χ0) is 14.7. The minimum atomic E-state index is -0.263. The van der Waals surface area contributed by atoms with Crippen molar-refractivity contribution in [1.82, 2.24) is 20.1 Å². The van der Waals surface area contributed by atoms with Gasteiger partial charge in [0.05, 0.1) is 11.2 Å². The van der Waals surface area contributed by atoms with Crippen LogP contribution in [0.3, 0.4) is 0 Å². The van der Waals surface area contributed by atoms with Crippen molar-refractivity contribution >= 4 is 5.91 Å². The lowest BCUT2D eigenvalue weighted by atomic mass is 9.97. The molecule has 0 spiro atoms. The molecule has 0 aromatic carbocycles. The first-order valence-electron chi connectivity index (χ1n) is 7.21. The lowest BCUT2D eigenvalue weighted by Gasteiger charge is -2.28. The smallest absolute Gasteiger partial charge is 0.270 e. The van der Waals surface area contributed by atoms with Gasteiger partial charge >= 0.3 is 0 Å². The summed E-state index contributed by atoms with van der Waals surface area (Å²) in [5, 5.41) is 7.23. The molecule has 0 aliphatic heterocycles. The molecular weight excluding hydrogens is 266 g/mol. The number of pyridine rings is 1. The average molecular weight is 285 g/mol. The Kier molecular flexibility index (Phi) is 3.70. The van der Waals surface area contributed by atoms with E-state index < -0.39 is 0 Å². The molecule has 2 heterocycles. The number of carbonyl (C=O) groups excluding carboxylic acids is 1. The minimum absolute atomic E-state index is 0.170. The van der Waals surface area contributed by atoms with E-state index in [1.807, 2.05) is 18.3 Å². The van der Waals surface area contributed by atoms with Crippen LogP contribution in [0.15, 0.2) is 36.8 Å². The van der Waals surface area contributed by atoms with Crippen molar-refractivity contribution in [3.05, 3.63) is 42.5 Å². The van der Waals surface area contributed by atoms with Crippen LogP contribution >= 0.6 is 0 Å². The van der Waals surface area contributed by atoms with Gasteiger partial charge in [-0.1, -0.05) is 12.8 Å². The van der Waals surface area contributed by atoms with Crippen molar-refractivity contribution in [2.24, 2.45) is 5.73 Å². The molecule has 6 nitrogen and oxygen atoms in total. The van der Waals surface area contributed by atoms with Gasteiger partial charge in [0.1, 0.15) is 5.69 Å². The van der Waals surface area contributed by atoms with E-state index in [0.29, 0.717) is 12.2 Å². The Labute approximate surface area is 123 Å². The van der Waals surface area contributed by atoms with Crippen molar-refractivity contribution in [2.45, 2.75) is 31.2 Å². The van der Waals surface area contributed by atoms with Gasteiger partial charge in [-0.05, 0) is 31.0 Å². The average Bonchev–Trinajstić information content (AvgIpc) is 3.19. The maximum absolute atomic E-state index is 12.4. The Balaban J connectivity index is 1.80. The zero-order valence-corrected chi connectivity index (χ0v) is 11.8. The van der Waals surface area contributed by atoms with Crippen LogP contribution in [0.4, 0.5) is 0 Å². The van der Waals surface area contributed by atoms with Crippen LogP contribution in [0.5, 0.6) is 0 Å². The fourth-order valence-corrected chi connectivity index (χ4v) is 2.84. The lowest BCUT2D eigenvalue weighted by molar-refractivity contribution is 0.0898. The van der Waals surface area contributed by atoms with Gasteiger partial charge < -0.3 is 11.1 Å². The highest BCUT2D eigenvalue weighted by Gasteiger charge is 2.34. The van der Waals surface area contributed by atoms with Crippen molar-refractivity contribution in [1.29, 1.82) is 0 Å². The van der Waals surface area contributed by atoms with Gasteiger partial charge in [0.15, 0.2) is 0 Å². The number of aromatic nitrogens is 3. The Bertz CT molecular complexity index is 617. The highest BCUT2D eigenvalue weighted by atomic mass is 16.2. The van der Waals surface area contributed by atoms with Crippen LogP contribution in [0, 0.1) is 0 Å². The van der Waals surface area contributed by atoms with E-state index in [-0.39, 0.29) is 11.4 Å². The van der Waals surface area contributed by atoms with E-state index >= 15 is 0 Å². The maximum Gasteiger partial charge on any atom is 0.270 e. The molecule has 2 aromatic rings. The predicted molar refractivity (Wildman–Crippen MR) is 79.1 cm³/mol. The number of rotatable bonds is 4. The van der Waals surface area contributed by atoms with Crippen LogP contribution in [0.2, 0.25) is 0 Å². The summed E-state index contributed by atoms with van der Waals surface area (Å²) < 4.78 is 1.70. The lowest BCUT2D eigenvalue weighted by Crippen LogP contribution is -2.51. The van der Waals surface area contributed by atoms with Gasteiger partial charge in [-0.3, -0.25) is 9.78 Å². The van der Waals surface area contributed by atoms with Crippen LogP contribution in [-0.4, -0.2) is 32.8 Å². The third-order valence-electron chi connectivity index (χ3n) is 4.08. The topological polar surface area (TPSA) is 85.8 Å². The summed E-state index contributed by atoms with van der Waals surface area (Å²) in [6, 6.07) is 5.39. The van der Waals surface area contributed by atoms with E-state index in [0.717, 1.165) is 31.4 Å². The number of amides is 1. The van der Waals surface area contributed by atoms with E-state index in [1.54, 1.807) is 23.1 Å². The number of nitrogens with zero attached hydrogens (tertiary/aromatic N) is 3. The van der Waals surface area contributed by atoms with Gasteiger partial charge in [-0.15, -0.1) is 0 Å². The highest BCUT2D eigenvalue weighted by Crippen LogP contribution is 2.28. The summed E-state index contributed by atoms with van der Waals surface area (Å²) in [6.07, 6.45) is 9.24. The highest BCUT2D eigenvalue weighted by molar-refractivity contribution is 5.93. The summed E-state index contributed by atoms with van der Waals surface area (Å²) in [7, 11) is 0. The molecule has 3 rings (SSSR count). The third kappa shape index (κ3) is 2.80. The van der Waals surface area contributed by atoms with Crippen molar-refractivity contribution in [2.75, 3.05) is 6.54 Å². The molecule has 0 atom stereocenters. The zero-order valence-electron chi connectivity index (χ0n) is 11.8. The van der Waals surface area contributed by atoms with Crippen molar-refractivity contribution in [3.63, 3.8) is 0 Å². The SMILES string of the molecule is NCC1(NC(=O)c2cc(-n3cccn3)ccn2)CCCC1. The molecule has 0 unspecified atom stereocenters. The normalized spacial score (nSPS) is 16.8. The molecule has 2 aromatic heterocycles. The molecular formula is C15H19N5O. The van der Waals surface area contributed by atoms with Gasteiger partial charge in [-0.2, -0.15) is 5.10 Å². The van der Waals surface area contributed by atoms with Gasteiger partial charge in [0.25, 0.3) is 5.91 Å². The molecule has 1 fully saturated rings. The molecule has 6 heteroatoms. The van der Waals surface area contributed by atoms with E-state index in [4.69, 9.17) is 5.73 Å². The molecule has 0 radical (unpaired) electrons. The molecule has 1 amide bonds. The summed E-state index contributed by atoms with van der Waals surface area (Å²) in [5.41, 5.74) is 6.79. The molecule has 1 aliphatic rings. The molecule has 1 saturated carbocycles. The Morgan fingerprint density at radius 2 is 2.19 bits per heavy atom. The fourth-order valence-electron chi connectivity index (χ4n) is 2.84. The van der Waals surface area contributed by atoms with Gasteiger partial charge in [0, 0.05) is 25.1 Å². The standard InChI is InChI=1S/C15H19N5O/c16-11-15(5-1-2-6-15)19-14(21)13-10-12(4-8-17-13)20-9-3-7-18-20/h3-4,7-10H,1-2,5-6,11,16H2,(H,19,21). The number of hydrogen-bond acceptors (Lipinski definition) is 4. The summed E-state index contributed by atoms with van der Waals surface area (Å²) in [4.78, 5) is 16.6. The van der Waals surface area contributed by atoms with Crippen LogP contribution < -0.4 is 11.1 Å². The van der Waals surface area contributed by atoms with E-state index in [9.17, 15) is 4.79 Å². The van der Waals surface area contributed by atoms with Crippen LogP contribution in [0.1, 0.15) is 36.2 Å². The first kappa shape index (κ1) is 13.8. The van der Waals surface area contributed by atoms with E-state index in [2.05, 4.69) is 15.4 Å². The maximum atomic E-state index is 12.4. The first-order chi connectivity index (χ1) is 10.2. The predicted octanol–water partition coefficient (Wildman–Crippen LogP) is 1.27. The van der Waals surface area contributed by atoms with Crippen LogP contribution in [0.25, 0.3) is 5.69 Å². The third-order valence-corrected chi connectivity index (χ3v) is 4.08. The number of nitrogens with two attached hydrogens (primary N) is 1. The minimum Gasteiger partial charge on any atom is -0.344 e. The Morgan fingerprint density at radius 1 is 1.38 bits per heavy atom. The van der Waals surface area contributed by atoms with Gasteiger partial charge in [-0.25, -0.2) is 4.68 Å². The molecule has 110 valence electrons. The molecule has 21 heavy (non-hydrogen) atoms. The second-order valence-electron chi connectivity index (χ2n) is 5.50. The first-order valence-corrected chi connectivity index (χ1v) is 7.21. The Morgan fingerprint density at radius 3 is 2.86 bits per heavy atom. The van der Waals surface area contributed by atoms with Gasteiger partial charge in [0.2, 0.25) is 0 Å². The van der Waals surface area contributed by atoms with Crippen molar-refractivity contribution in [3.8, 4) is 5.69 Å². The second-order valence-corrected chi connectivity index (χ2v) is 5.50.